The van der Waals surface area contributed by atoms with E-state index in [0.29, 0.717) is 54.5 Å². The molecule has 6 atom stereocenters. The standard InChI is InChI=1S/C49H63N3O10/c1-7-23-51(45(55)28-33-15-13-18-36(27-33)58-6)44-32-42(50-62-48(3,4)5)40-29-34(16-9-11-24-53)39(20-10-12-25-54)46-41-31-38(60-37-19-14-17-35(30-37)52(56)57)21-22-43(41)61-49(44,47(40)46)59-26-8-2/h8,13-15,17-19,21-22,27,29-31,34,39,44,46-47,53-54H,2,7,9-12,16,20,23-26,28,32H2,1,3-6H3/t34-,39+,44-,46+,47+,49+/m0/s1. The number of rotatable bonds is 21. The van der Waals surface area contributed by atoms with E-state index >= 15 is 0 Å². The summed E-state index contributed by atoms with van der Waals surface area (Å²) in [5.41, 5.74) is 2.64. The van der Waals surface area contributed by atoms with Gasteiger partial charge in [-0.2, -0.15) is 0 Å². The van der Waals surface area contributed by atoms with E-state index in [0.717, 1.165) is 42.4 Å². The number of carbonyl (C=O) groups is 1. The lowest BCUT2D eigenvalue weighted by atomic mass is 9.55. The monoisotopic (exact) mass is 853 g/mol. The number of non-ortho nitro benzene ring substituents is 1. The van der Waals surface area contributed by atoms with Crippen LogP contribution in [0.25, 0.3) is 0 Å². The summed E-state index contributed by atoms with van der Waals surface area (Å²) in [5, 5.41) is 36.5. The van der Waals surface area contributed by atoms with Gasteiger partial charge in [-0.1, -0.05) is 55.3 Å². The summed E-state index contributed by atoms with van der Waals surface area (Å²) < 4.78 is 26.3. The van der Waals surface area contributed by atoms with E-state index in [1.807, 2.05) is 69.0 Å². The first kappa shape index (κ1) is 46.3. The number of nitro benzene ring substituents is 1. The van der Waals surface area contributed by atoms with Crippen molar-refractivity contribution in [3.8, 4) is 23.0 Å². The fraction of sp³-hybridized carbons (Fsp3) is 0.510. The SMILES string of the molecule is C=CCO[C@@]12Oc3ccc(Oc4cccc([N+](=O)[O-])c4)cc3[C@H]3[C@H](CCCCO)[C@@H](CCCCO)C=C(C(=NOC(C)(C)C)C[C@@H]1N(CCC)C(=O)Cc1cccc(OC)c1)[C@H]32. The van der Waals surface area contributed by atoms with Crippen LogP contribution in [-0.2, 0) is 20.8 Å². The maximum Gasteiger partial charge on any atom is 0.273 e. The van der Waals surface area contributed by atoms with Crippen LogP contribution in [0.1, 0.15) is 96.1 Å². The van der Waals surface area contributed by atoms with Crippen LogP contribution < -0.4 is 14.2 Å². The average molecular weight is 854 g/mol. The zero-order valence-electron chi connectivity index (χ0n) is 36.8. The molecule has 2 aliphatic carbocycles. The quantitative estimate of drug-likeness (QED) is 0.0457. The number of unbranched alkanes of at least 4 members (excludes halogenated alkanes) is 2. The van der Waals surface area contributed by atoms with E-state index in [-0.39, 0.29) is 62.0 Å². The molecule has 13 heteroatoms. The third-order valence-corrected chi connectivity index (χ3v) is 12.0. The van der Waals surface area contributed by atoms with E-state index in [9.17, 15) is 25.1 Å². The van der Waals surface area contributed by atoms with Gasteiger partial charge in [-0.15, -0.1) is 6.58 Å². The minimum atomic E-state index is -1.41. The Labute approximate surface area is 365 Å². The number of hydrogen-bond donors (Lipinski definition) is 2. The first-order valence-electron chi connectivity index (χ1n) is 22.0. The topological polar surface area (TPSA) is 162 Å². The molecule has 3 aromatic carbocycles. The highest BCUT2D eigenvalue weighted by Crippen LogP contribution is 2.62. The molecule has 62 heavy (non-hydrogen) atoms. The van der Waals surface area contributed by atoms with Crippen molar-refractivity contribution in [1.29, 1.82) is 0 Å². The zero-order chi connectivity index (χ0) is 44.4. The number of fused-ring (bicyclic) bond motifs is 2. The van der Waals surface area contributed by atoms with Gasteiger partial charge in [-0.3, -0.25) is 14.9 Å². The van der Waals surface area contributed by atoms with E-state index in [2.05, 4.69) is 12.7 Å². The molecule has 1 heterocycles. The van der Waals surface area contributed by atoms with Crippen molar-refractivity contribution < 1.29 is 43.7 Å². The molecule has 3 aromatic rings. The molecule has 0 unspecified atom stereocenters. The van der Waals surface area contributed by atoms with Gasteiger partial charge < -0.3 is 38.9 Å². The van der Waals surface area contributed by atoms with Crippen molar-refractivity contribution in [1.82, 2.24) is 4.90 Å². The summed E-state index contributed by atoms with van der Waals surface area (Å²) in [4.78, 5) is 34.3. The fourth-order valence-electron chi connectivity index (χ4n) is 9.45. The molecular weight excluding hydrogens is 791 g/mol. The van der Waals surface area contributed by atoms with Gasteiger partial charge in [-0.05, 0) is 112 Å². The molecule has 0 spiro atoms. The molecule has 13 nitrogen and oxygen atoms in total. The van der Waals surface area contributed by atoms with Crippen LogP contribution >= 0.6 is 0 Å². The Kier molecular flexibility index (Phi) is 15.5. The Balaban J connectivity index is 1.59. The van der Waals surface area contributed by atoms with Crippen molar-refractivity contribution in [2.24, 2.45) is 22.9 Å². The minimum Gasteiger partial charge on any atom is -0.497 e. The summed E-state index contributed by atoms with van der Waals surface area (Å²) in [6.07, 6.45) is 9.52. The second-order valence-electron chi connectivity index (χ2n) is 17.4. The number of nitrogens with zero attached hydrogens (tertiary/aromatic N) is 3. The van der Waals surface area contributed by atoms with Crippen molar-refractivity contribution in [3.63, 3.8) is 0 Å². The van der Waals surface area contributed by atoms with Crippen LogP contribution in [0.2, 0.25) is 0 Å². The molecule has 1 saturated carbocycles. The molecule has 0 saturated heterocycles. The summed E-state index contributed by atoms with van der Waals surface area (Å²) in [5.74, 6) is -0.186. The summed E-state index contributed by atoms with van der Waals surface area (Å²) in [7, 11) is 1.61. The fourth-order valence-corrected chi connectivity index (χ4v) is 9.45. The second-order valence-corrected chi connectivity index (χ2v) is 17.4. The van der Waals surface area contributed by atoms with Gasteiger partial charge in [0, 0.05) is 43.7 Å². The molecule has 0 radical (unpaired) electrons. The van der Waals surface area contributed by atoms with Gasteiger partial charge in [0.1, 0.15) is 34.6 Å². The maximum atomic E-state index is 14.9. The molecule has 1 aliphatic heterocycles. The lowest BCUT2D eigenvalue weighted by Crippen LogP contribution is -2.70. The Morgan fingerprint density at radius 2 is 1.74 bits per heavy atom. The summed E-state index contributed by atoms with van der Waals surface area (Å²) in [6, 6.07) is 18.6. The number of methoxy groups -OCH3 is 1. The number of oxime groups is 1. The minimum absolute atomic E-state index is 0.00653. The molecule has 0 bridgehead atoms. The van der Waals surface area contributed by atoms with Crippen LogP contribution in [0, 0.1) is 27.9 Å². The first-order chi connectivity index (χ1) is 29.9. The number of benzene rings is 3. The molecule has 1 amide bonds. The predicted molar refractivity (Wildman–Crippen MR) is 238 cm³/mol. The number of allylic oxidation sites excluding steroid dienone is 1. The van der Waals surface area contributed by atoms with Gasteiger partial charge in [0.2, 0.25) is 11.7 Å². The third-order valence-electron chi connectivity index (χ3n) is 12.0. The summed E-state index contributed by atoms with van der Waals surface area (Å²) >= 11 is 0. The van der Waals surface area contributed by atoms with Gasteiger partial charge in [-0.25, -0.2) is 0 Å². The molecule has 3 aliphatic rings. The lowest BCUT2D eigenvalue weighted by molar-refractivity contribution is -0.384. The number of amides is 1. The van der Waals surface area contributed by atoms with E-state index in [4.69, 9.17) is 28.9 Å². The lowest BCUT2D eigenvalue weighted by Gasteiger charge is -2.60. The van der Waals surface area contributed by atoms with E-state index in [1.165, 1.54) is 12.1 Å². The van der Waals surface area contributed by atoms with Crippen LogP contribution in [0.15, 0.2) is 96.2 Å². The average Bonchev–Trinajstić information content (AvgIpc) is 3.25. The van der Waals surface area contributed by atoms with Crippen LogP contribution in [-0.4, -0.2) is 82.6 Å². The molecule has 1 fully saturated rings. The molecule has 2 N–H and O–H groups in total. The van der Waals surface area contributed by atoms with Crippen molar-refractivity contribution >= 4 is 17.3 Å². The summed E-state index contributed by atoms with van der Waals surface area (Å²) in [6.45, 7) is 12.6. The van der Waals surface area contributed by atoms with Gasteiger partial charge in [0.15, 0.2) is 0 Å². The van der Waals surface area contributed by atoms with Crippen LogP contribution in [0.5, 0.6) is 23.0 Å². The molecule has 6 rings (SSSR count). The largest absolute Gasteiger partial charge is 0.497 e. The van der Waals surface area contributed by atoms with Crippen molar-refractivity contribution in [3.05, 3.63) is 112 Å². The Hall–Kier alpha value is -5.24. The molecule has 334 valence electrons. The smallest absolute Gasteiger partial charge is 0.273 e. The van der Waals surface area contributed by atoms with Gasteiger partial charge >= 0.3 is 0 Å². The van der Waals surface area contributed by atoms with Crippen LogP contribution in [0.4, 0.5) is 5.69 Å². The Bertz CT molecular complexity index is 2100. The first-order valence-corrected chi connectivity index (χ1v) is 22.0. The number of hydrogen-bond acceptors (Lipinski definition) is 11. The van der Waals surface area contributed by atoms with Crippen molar-refractivity contribution in [2.75, 3.05) is 33.5 Å². The number of nitro groups is 1. The number of ether oxygens (including phenoxy) is 4. The Morgan fingerprint density at radius 3 is 2.44 bits per heavy atom. The maximum absolute atomic E-state index is 14.9. The van der Waals surface area contributed by atoms with Gasteiger partial charge in [0.25, 0.3) is 5.69 Å². The zero-order valence-corrected chi connectivity index (χ0v) is 36.8. The Morgan fingerprint density at radius 1 is 1.02 bits per heavy atom. The van der Waals surface area contributed by atoms with E-state index < -0.39 is 28.3 Å². The van der Waals surface area contributed by atoms with Gasteiger partial charge in [0.05, 0.1) is 42.8 Å². The highest BCUT2D eigenvalue weighted by Gasteiger charge is 2.65. The highest BCUT2D eigenvalue weighted by atomic mass is 16.7. The van der Waals surface area contributed by atoms with E-state index in [1.54, 1.807) is 31.4 Å². The molecular formula is C49H63N3O10. The number of carbonyl (C=O) groups excluding carboxylic acids is 1. The third kappa shape index (κ3) is 10.5. The normalized spacial score (nSPS) is 23.3. The molecule has 0 aromatic heterocycles. The number of aliphatic hydroxyl groups excluding tert-OH is 2. The van der Waals surface area contributed by atoms with Crippen LogP contribution in [0.3, 0.4) is 0 Å². The number of aliphatic hydroxyl groups is 2. The second kappa shape index (κ2) is 20.8. The van der Waals surface area contributed by atoms with Crippen molar-refractivity contribution in [2.45, 2.75) is 109 Å². The predicted octanol–water partition coefficient (Wildman–Crippen LogP) is 9.31. The highest BCUT2D eigenvalue weighted by molar-refractivity contribution is 6.03.